The Morgan fingerprint density at radius 1 is 0.929 bits per heavy atom. The number of hydrogen-bond acceptors (Lipinski definition) is 7. The number of ether oxygens (including phenoxy) is 1. The van der Waals surface area contributed by atoms with Gasteiger partial charge in [0.05, 0.1) is 46.4 Å². The van der Waals surface area contributed by atoms with Gasteiger partial charge in [-0.1, -0.05) is 35.3 Å². The summed E-state index contributed by atoms with van der Waals surface area (Å²) in [5.41, 5.74) is 2.09. The highest BCUT2D eigenvalue weighted by atomic mass is 35.5. The highest BCUT2D eigenvalue weighted by molar-refractivity contribution is 7.89. The monoisotopic (exact) mass is 818 g/mol. The van der Waals surface area contributed by atoms with Crippen LogP contribution in [0.25, 0.3) is 27.7 Å². The quantitative estimate of drug-likeness (QED) is 0.152. The number of nitrogens with one attached hydrogen (secondary N) is 1. The predicted octanol–water partition coefficient (Wildman–Crippen LogP) is 6.83. The summed E-state index contributed by atoms with van der Waals surface area (Å²) in [6, 6.07) is 19.5. The van der Waals surface area contributed by atoms with E-state index < -0.39 is 39.2 Å². The fraction of sp³-hybridized carbons (Fsp3) is 0.250. The number of halogens is 4. The van der Waals surface area contributed by atoms with Crippen LogP contribution in [0.5, 0.6) is 0 Å². The number of amides is 1. The molecule has 0 radical (unpaired) electrons. The van der Waals surface area contributed by atoms with Gasteiger partial charge in [0.15, 0.2) is 0 Å². The summed E-state index contributed by atoms with van der Waals surface area (Å²) in [5, 5.41) is 8.42. The van der Waals surface area contributed by atoms with Gasteiger partial charge in [0.2, 0.25) is 15.9 Å². The number of carbonyl (C=O) groups is 1. The minimum Gasteiger partial charge on any atom is -0.379 e. The molecule has 3 heterocycles. The maximum absolute atomic E-state index is 14.7. The van der Waals surface area contributed by atoms with Crippen molar-refractivity contribution in [2.45, 2.75) is 42.7 Å². The van der Waals surface area contributed by atoms with Gasteiger partial charge in [-0.25, -0.2) is 22.2 Å². The van der Waals surface area contributed by atoms with Gasteiger partial charge < -0.3 is 10.1 Å². The average Bonchev–Trinajstić information content (AvgIpc) is 3.92. The molecule has 1 aliphatic heterocycles. The molecule has 8 rings (SSSR count). The Kier molecular flexibility index (Phi) is 10.5. The molecule has 1 saturated carbocycles. The summed E-state index contributed by atoms with van der Waals surface area (Å²) < 4.78 is 65.5. The Morgan fingerprint density at radius 2 is 1.62 bits per heavy atom. The van der Waals surface area contributed by atoms with Gasteiger partial charge in [-0.15, -0.1) is 0 Å². The summed E-state index contributed by atoms with van der Waals surface area (Å²) >= 11 is 13.1. The van der Waals surface area contributed by atoms with Gasteiger partial charge in [0.25, 0.3) is 5.56 Å². The first-order valence-corrected chi connectivity index (χ1v) is 20.1. The lowest BCUT2D eigenvalue weighted by molar-refractivity contribution is -0.122. The second-order valence-electron chi connectivity index (χ2n) is 13.8. The highest BCUT2D eigenvalue weighted by Crippen LogP contribution is 2.39. The van der Waals surface area contributed by atoms with Crippen molar-refractivity contribution in [2.24, 2.45) is 0 Å². The van der Waals surface area contributed by atoms with Crippen molar-refractivity contribution < 1.29 is 26.7 Å². The third-order valence-corrected chi connectivity index (χ3v) is 12.4. The molecule has 56 heavy (non-hydrogen) atoms. The number of aromatic nitrogens is 4. The number of morpholine rings is 1. The van der Waals surface area contributed by atoms with Gasteiger partial charge in [0.1, 0.15) is 24.0 Å². The van der Waals surface area contributed by atoms with Crippen molar-refractivity contribution >= 4 is 50.0 Å². The zero-order valence-corrected chi connectivity index (χ0v) is 32.0. The van der Waals surface area contributed by atoms with Crippen molar-refractivity contribution in [3.8, 4) is 16.8 Å². The molecule has 2 fully saturated rings. The third kappa shape index (κ3) is 7.84. The van der Waals surface area contributed by atoms with Gasteiger partial charge >= 0.3 is 0 Å². The molecule has 1 aliphatic carbocycles. The van der Waals surface area contributed by atoms with Gasteiger partial charge in [-0.2, -0.15) is 9.40 Å². The van der Waals surface area contributed by atoms with Crippen molar-refractivity contribution in [3.63, 3.8) is 0 Å². The lowest BCUT2D eigenvalue weighted by Gasteiger charge is -2.26. The maximum Gasteiger partial charge on any atom is 0.266 e. The third-order valence-electron chi connectivity index (χ3n) is 9.82. The summed E-state index contributed by atoms with van der Waals surface area (Å²) in [4.78, 5) is 33.4. The van der Waals surface area contributed by atoms with Crippen molar-refractivity contribution in [1.82, 2.24) is 29.0 Å². The summed E-state index contributed by atoms with van der Waals surface area (Å²) in [6.07, 6.45) is 3.60. The first-order chi connectivity index (χ1) is 26.9. The molecule has 2 aromatic heterocycles. The second-order valence-corrected chi connectivity index (χ2v) is 16.5. The van der Waals surface area contributed by atoms with E-state index in [-0.39, 0.29) is 72.1 Å². The van der Waals surface area contributed by atoms with E-state index in [1.165, 1.54) is 37.8 Å². The smallest absolute Gasteiger partial charge is 0.266 e. The zero-order chi connectivity index (χ0) is 39.1. The average molecular weight is 820 g/mol. The zero-order valence-electron chi connectivity index (χ0n) is 29.7. The molecular formula is C40H34Cl2F2N6O5S. The minimum absolute atomic E-state index is 0.0117. The lowest BCUT2D eigenvalue weighted by atomic mass is 10.0. The van der Waals surface area contributed by atoms with Gasteiger partial charge in [0, 0.05) is 53.3 Å². The van der Waals surface area contributed by atoms with Crippen LogP contribution in [0.2, 0.25) is 10.0 Å². The minimum atomic E-state index is -3.87. The summed E-state index contributed by atoms with van der Waals surface area (Å²) in [6.45, 7) is 0.765. The number of rotatable bonds is 11. The van der Waals surface area contributed by atoms with Crippen LogP contribution in [0.3, 0.4) is 0 Å². The molecule has 1 amide bonds. The Morgan fingerprint density at radius 3 is 2.30 bits per heavy atom. The predicted molar refractivity (Wildman–Crippen MR) is 208 cm³/mol. The van der Waals surface area contributed by atoms with Crippen LogP contribution in [0.1, 0.15) is 41.9 Å². The highest BCUT2D eigenvalue weighted by Gasteiger charge is 2.29. The molecule has 1 saturated heterocycles. The SMILES string of the molecule is O=C(Cn1ccc(C2CC2)n1)NC(Cc1cc(F)cc(F)c1)c1nc2cc(-c3c(Cl)cccc3Cl)ccc2c(=O)n1-c1ccc(S(=O)(=O)N2CCOCC2)cc1. The molecule has 0 spiro atoms. The molecule has 1 N–H and O–H groups in total. The molecule has 2 aliphatic rings. The lowest BCUT2D eigenvalue weighted by Crippen LogP contribution is -2.40. The Bertz CT molecular complexity index is 2600. The van der Waals surface area contributed by atoms with Crippen LogP contribution < -0.4 is 10.9 Å². The fourth-order valence-electron chi connectivity index (χ4n) is 6.94. The van der Waals surface area contributed by atoms with Gasteiger partial charge in [-0.3, -0.25) is 18.8 Å². The van der Waals surface area contributed by atoms with Crippen LogP contribution in [-0.4, -0.2) is 64.3 Å². The van der Waals surface area contributed by atoms with Crippen LogP contribution in [-0.2, 0) is 32.5 Å². The molecule has 288 valence electrons. The van der Waals surface area contributed by atoms with E-state index in [4.69, 9.17) is 32.9 Å². The Hall–Kier alpha value is -4.99. The molecule has 1 unspecified atom stereocenters. The number of hydrogen-bond donors (Lipinski definition) is 1. The standard InChI is InChI=1S/C40H34Cl2F2N6O5S/c41-32-2-1-3-33(42)38(32)26-6-11-31-35(21-26)46-39(50(40(31)52)29-7-9-30(10-8-29)56(53,54)49-14-16-55-17-15-49)36(20-24-18-27(43)22-28(44)19-24)45-37(51)23-48-13-12-34(47-48)25-4-5-25/h1-3,6-13,18-19,21-22,25,36H,4-5,14-17,20,23H2,(H,45,51). The molecular weight excluding hydrogens is 785 g/mol. The fourth-order valence-corrected chi connectivity index (χ4v) is 8.96. The van der Waals surface area contributed by atoms with Gasteiger partial charge in [-0.05, 0) is 90.7 Å². The number of benzene rings is 4. The summed E-state index contributed by atoms with van der Waals surface area (Å²) in [7, 11) is -3.87. The van der Waals surface area contributed by atoms with Crippen molar-refractivity contribution in [3.05, 3.63) is 140 Å². The number of carbonyl (C=O) groups excluding carboxylic acids is 1. The molecule has 16 heteroatoms. The second kappa shape index (κ2) is 15.5. The number of nitrogens with zero attached hydrogens (tertiary/aromatic N) is 5. The van der Waals surface area contributed by atoms with E-state index in [1.807, 2.05) is 6.07 Å². The van der Waals surface area contributed by atoms with E-state index in [0.29, 0.717) is 27.1 Å². The van der Waals surface area contributed by atoms with Crippen molar-refractivity contribution in [1.29, 1.82) is 0 Å². The number of fused-ring (bicyclic) bond motifs is 1. The topological polar surface area (TPSA) is 128 Å². The van der Waals surface area contributed by atoms with Crippen LogP contribution in [0.4, 0.5) is 8.78 Å². The van der Waals surface area contributed by atoms with E-state index in [1.54, 1.807) is 42.6 Å². The first kappa shape index (κ1) is 37.9. The molecule has 0 bridgehead atoms. The Labute approximate surface area is 330 Å². The molecule has 1 atom stereocenters. The molecule has 6 aromatic rings. The first-order valence-electron chi connectivity index (χ1n) is 17.9. The molecule has 4 aromatic carbocycles. The van der Waals surface area contributed by atoms with E-state index in [0.717, 1.165) is 36.7 Å². The van der Waals surface area contributed by atoms with E-state index in [2.05, 4.69) is 10.4 Å². The van der Waals surface area contributed by atoms with Crippen LogP contribution in [0.15, 0.2) is 101 Å². The number of sulfonamides is 1. The normalized spacial score (nSPS) is 15.6. The van der Waals surface area contributed by atoms with E-state index in [9.17, 15) is 26.8 Å². The summed E-state index contributed by atoms with van der Waals surface area (Å²) in [5.74, 6) is -1.76. The van der Waals surface area contributed by atoms with E-state index >= 15 is 0 Å². The molecule has 11 nitrogen and oxygen atoms in total. The maximum atomic E-state index is 14.7. The Balaban J connectivity index is 1.27. The van der Waals surface area contributed by atoms with Crippen LogP contribution >= 0.6 is 23.2 Å². The van der Waals surface area contributed by atoms with Crippen LogP contribution in [0, 0.1) is 11.6 Å². The van der Waals surface area contributed by atoms with Crippen molar-refractivity contribution in [2.75, 3.05) is 26.3 Å². The largest absolute Gasteiger partial charge is 0.379 e.